The van der Waals surface area contributed by atoms with E-state index in [-0.39, 0.29) is 5.91 Å². The Morgan fingerprint density at radius 3 is 2.73 bits per heavy atom. The van der Waals surface area contributed by atoms with Gasteiger partial charge in [-0.2, -0.15) is 5.10 Å². The molecule has 3 rings (SSSR count). The highest BCUT2D eigenvalue weighted by Gasteiger charge is 2.21. The van der Waals surface area contributed by atoms with Crippen molar-refractivity contribution in [3.8, 4) is 0 Å². The molecular formula is C20H22N4OS. The van der Waals surface area contributed by atoms with Crippen LogP contribution in [0.5, 0.6) is 0 Å². The zero-order valence-corrected chi connectivity index (χ0v) is 15.8. The van der Waals surface area contributed by atoms with Crippen LogP contribution in [0.2, 0.25) is 0 Å². The van der Waals surface area contributed by atoms with Gasteiger partial charge in [-0.15, -0.1) is 0 Å². The zero-order chi connectivity index (χ0) is 18.5. The molecule has 1 fully saturated rings. The molecule has 2 aromatic carbocycles. The maximum absolute atomic E-state index is 11.9. The molecule has 2 N–H and O–H groups in total. The molecule has 0 radical (unpaired) electrons. The first-order valence-electron chi connectivity index (χ1n) is 8.62. The number of hydrogen-bond donors (Lipinski definition) is 2. The Morgan fingerprint density at radius 2 is 2.00 bits per heavy atom. The number of para-hydroxylation sites is 1. The van der Waals surface area contributed by atoms with Gasteiger partial charge in [0.05, 0.1) is 5.71 Å². The third kappa shape index (κ3) is 4.26. The standard InChI is InChI=1S/C20H22N4OS/c1-14-7-3-4-10-18(14)21-20(26)23-22-15(2)16-8-5-9-17(13-16)24-12-6-11-19(24)25/h3-5,7-10,13H,6,11-12H2,1-2H3,(H2,21,23,26)/b22-15-. The van der Waals surface area contributed by atoms with Crippen molar-refractivity contribution in [2.45, 2.75) is 26.7 Å². The van der Waals surface area contributed by atoms with E-state index in [1.807, 2.05) is 67.3 Å². The van der Waals surface area contributed by atoms with E-state index in [0.717, 1.165) is 41.2 Å². The fraction of sp³-hybridized carbons (Fsp3) is 0.250. The molecule has 2 aromatic rings. The molecule has 1 aliphatic heterocycles. The summed E-state index contributed by atoms with van der Waals surface area (Å²) in [5.41, 5.74) is 7.61. The maximum atomic E-state index is 11.9. The molecule has 0 spiro atoms. The highest BCUT2D eigenvalue weighted by molar-refractivity contribution is 7.80. The van der Waals surface area contributed by atoms with Crippen molar-refractivity contribution in [2.75, 3.05) is 16.8 Å². The van der Waals surface area contributed by atoms with Crippen molar-refractivity contribution < 1.29 is 4.79 Å². The summed E-state index contributed by atoms with van der Waals surface area (Å²) in [5, 5.41) is 7.94. The van der Waals surface area contributed by atoms with Crippen molar-refractivity contribution in [1.82, 2.24) is 5.43 Å². The van der Waals surface area contributed by atoms with Crippen molar-refractivity contribution in [3.63, 3.8) is 0 Å². The number of rotatable bonds is 4. The van der Waals surface area contributed by atoms with Gasteiger partial charge in [0.1, 0.15) is 0 Å². The van der Waals surface area contributed by atoms with Gasteiger partial charge in [-0.1, -0.05) is 30.3 Å². The Hall–Kier alpha value is -2.73. The van der Waals surface area contributed by atoms with Crippen LogP contribution in [0.1, 0.15) is 30.9 Å². The van der Waals surface area contributed by atoms with Gasteiger partial charge in [0.15, 0.2) is 5.11 Å². The van der Waals surface area contributed by atoms with Crippen LogP contribution >= 0.6 is 12.2 Å². The molecule has 134 valence electrons. The summed E-state index contributed by atoms with van der Waals surface area (Å²) in [6, 6.07) is 15.8. The first-order chi connectivity index (χ1) is 12.5. The third-order valence-corrected chi connectivity index (χ3v) is 4.56. The van der Waals surface area contributed by atoms with Gasteiger partial charge in [-0.3, -0.25) is 10.2 Å². The van der Waals surface area contributed by atoms with Crippen LogP contribution in [0.15, 0.2) is 53.6 Å². The van der Waals surface area contributed by atoms with E-state index in [9.17, 15) is 4.79 Å². The lowest BCUT2D eigenvalue weighted by atomic mass is 10.1. The molecule has 1 saturated heterocycles. The molecule has 0 atom stereocenters. The van der Waals surface area contributed by atoms with E-state index in [1.165, 1.54) is 0 Å². The van der Waals surface area contributed by atoms with E-state index < -0.39 is 0 Å². The summed E-state index contributed by atoms with van der Waals surface area (Å²) in [4.78, 5) is 13.8. The summed E-state index contributed by atoms with van der Waals surface area (Å²) < 4.78 is 0. The molecule has 26 heavy (non-hydrogen) atoms. The largest absolute Gasteiger partial charge is 0.331 e. The fourth-order valence-electron chi connectivity index (χ4n) is 2.88. The Morgan fingerprint density at radius 1 is 1.19 bits per heavy atom. The molecule has 6 heteroatoms. The smallest absolute Gasteiger partial charge is 0.227 e. The Kier molecular flexibility index (Phi) is 5.63. The predicted molar refractivity (Wildman–Crippen MR) is 111 cm³/mol. The van der Waals surface area contributed by atoms with E-state index in [0.29, 0.717) is 11.5 Å². The normalized spacial score (nSPS) is 14.5. The number of aryl methyl sites for hydroxylation is 1. The minimum atomic E-state index is 0.179. The number of nitrogens with zero attached hydrogens (tertiary/aromatic N) is 2. The molecule has 1 aliphatic rings. The second-order valence-electron chi connectivity index (χ2n) is 6.28. The Balaban J connectivity index is 1.67. The van der Waals surface area contributed by atoms with Crippen LogP contribution in [0.3, 0.4) is 0 Å². The Bertz CT molecular complexity index is 862. The van der Waals surface area contributed by atoms with Gasteiger partial charge in [-0.05, 0) is 61.8 Å². The van der Waals surface area contributed by atoms with Crippen molar-refractivity contribution in [1.29, 1.82) is 0 Å². The predicted octanol–water partition coefficient (Wildman–Crippen LogP) is 3.83. The zero-order valence-electron chi connectivity index (χ0n) is 15.0. The van der Waals surface area contributed by atoms with Crippen LogP contribution in [-0.4, -0.2) is 23.3 Å². The lowest BCUT2D eigenvalue weighted by Crippen LogP contribution is -2.25. The molecule has 5 nitrogen and oxygen atoms in total. The maximum Gasteiger partial charge on any atom is 0.227 e. The van der Waals surface area contributed by atoms with Crippen LogP contribution in [0, 0.1) is 6.92 Å². The van der Waals surface area contributed by atoms with Crippen molar-refractivity contribution in [3.05, 3.63) is 59.7 Å². The highest BCUT2D eigenvalue weighted by atomic mass is 32.1. The minimum absolute atomic E-state index is 0.179. The van der Waals surface area contributed by atoms with E-state index in [4.69, 9.17) is 12.2 Å². The Labute approximate surface area is 159 Å². The first-order valence-corrected chi connectivity index (χ1v) is 9.03. The van der Waals surface area contributed by atoms with Gasteiger partial charge >= 0.3 is 0 Å². The number of carbonyl (C=O) groups excluding carboxylic acids is 1. The number of thiocarbonyl (C=S) groups is 1. The fourth-order valence-corrected chi connectivity index (χ4v) is 3.04. The number of anilines is 2. The van der Waals surface area contributed by atoms with Crippen LogP contribution in [-0.2, 0) is 4.79 Å². The van der Waals surface area contributed by atoms with Gasteiger partial charge < -0.3 is 10.2 Å². The SMILES string of the molecule is C/C(=N/NC(=S)Nc1ccccc1C)c1cccc(N2CCCC2=O)c1. The van der Waals surface area contributed by atoms with Crippen molar-refractivity contribution >= 4 is 40.3 Å². The summed E-state index contributed by atoms with van der Waals surface area (Å²) in [7, 11) is 0. The average molecular weight is 366 g/mol. The van der Waals surface area contributed by atoms with E-state index >= 15 is 0 Å². The highest BCUT2D eigenvalue weighted by Crippen LogP contribution is 2.22. The lowest BCUT2D eigenvalue weighted by Gasteiger charge is -2.16. The summed E-state index contributed by atoms with van der Waals surface area (Å²) in [5.74, 6) is 0.179. The quantitative estimate of drug-likeness (QED) is 0.490. The average Bonchev–Trinajstić information content (AvgIpc) is 3.08. The summed E-state index contributed by atoms with van der Waals surface area (Å²) in [6.45, 7) is 4.71. The second kappa shape index (κ2) is 8.10. The topological polar surface area (TPSA) is 56.7 Å². The lowest BCUT2D eigenvalue weighted by molar-refractivity contribution is -0.117. The second-order valence-corrected chi connectivity index (χ2v) is 6.69. The number of benzene rings is 2. The molecule has 0 aromatic heterocycles. The third-order valence-electron chi connectivity index (χ3n) is 4.37. The number of nitrogens with one attached hydrogen (secondary N) is 2. The molecule has 0 unspecified atom stereocenters. The van der Waals surface area contributed by atoms with Gasteiger partial charge in [0.25, 0.3) is 0 Å². The first kappa shape index (κ1) is 18.1. The molecule has 1 heterocycles. The number of hydrogen-bond acceptors (Lipinski definition) is 3. The summed E-state index contributed by atoms with van der Waals surface area (Å²) >= 11 is 5.31. The molecular weight excluding hydrogens is 344 g/mol. The van der Waals surface area contributed by atoms with Crippen LogP contribution in [0.25, 0.3) is 0 Å². The monoisotopic (exact) mass is 366 g/mol. The van der Waals surface area contributed by atoms with E-state index in [2.05, 4.69) is 15.8 Å². The molecule has 0 aliphatic carbocycles. The molecule has 1 amide bonds. The summed E-state index contributed by atoms with van der Waals surface area (Å²) in [6.07, 6.45) is 1.54. The number of carbonyl (C=O) groups is 1. The minimum Gasteiger partial charge on any atom is -0.331 e. The number of hydrazone groups is 1. The van der Waals surface area contributed by atoms with E-state index in [1.54, 1.807) is 0 Å². The van der Waals surface area contributed by atoms with Crippen molar-refractivity contribution in [2.24, 2.45) is 5.10 Å². The van der Waals surface area contributed by atoms with Gasteiger partial charge in [0.2, 0.25) is 5.91 Å². The molecule has 0 bridgehead atoms. The van der Waals surface area contributed by atoms with Gasteiger partial charge in [0, 0.05) is 24.3 Å². The van der Waals surface area contributed by atoms with Crippen LogP contribution in [0.4, 0.5) is 11.4 Å². The number of amides is 1. The van der Waals surface area contributed by atoms with Gasteiger partial charge in [-0.25, -0.2) is 0 Å². The molecule has 0 saturated carbocycles. The van der Waals surface area contributed by atoms with Crippen LogP contribution < -0.4 is 15.6 Å².